The molecule has 0 bridgehead atoms. The standard InChI is InChI=1S/C19H25N3O5S2/c1-4-22(5-2)29(26,27)18-12-8-16(9-13-18)21-19(23)14-20-15-6-10-17(11-7-15)28(3,24)25/h6-13,20H,4-5,14H2,1-3H3,(H,21,23). The first-order valence-corrected chi connectivity index (χ1v) is 12.3. The smallest absolute Gasteiger partial charge is 0.243 e. The number of nitrogens with one attached hydrogen (secondary N) is 2. The van der Waals surface area contributed by atoms with Crippen LogP contribution in [-0.2, 0) is 24.7 Å². The van der Waals surface area contributed by atoms with Crippen molar-refractivity contribution in [1.82, 2.24) is 4.31 Å². The van der Waals surface area contributed by atoms with E-state index in [0.717, 1.165) is 6.26 Å². The van der Waals surface area contributed by atoms with Gasteiger partial charge in [-0.2, -0.15) is 4.31 Å². The van der Waals surface area contributed by atoms with E-state index in [-0.39, 0.29) is 22.2 Å². The van der Waals surface area contributed by atoms with Gasteiger partial charge in [-0.15, -0.1) is 0 Å². The molecule has 8 nitrogen and oxygen atoms in total. The van der Waals surface area contributed by atoms with E-state index in [1.54, 1.807) is 26.0 Å². The highest BCUT2D eigenvalue weighted by atomic mass is 32.2. The molecule has 0 aliphatic carbocycles. The Balaban J connectivity index is 1.96. The number of sulfone groups is 1. The Bertz CT molecular complexity index is 1040. The predicted molar refractivity (Wildman–Crippen MR) is 113 cm³/mol. The third kappa shape index (κ3) is 6.02. The molecular weight excluding hydrogens is 414 g/mol. The molecule has 1 amide bonds. The lowest BCUT2D eigenvalue weighted by atomic mass is 10.3. The van der Waals surface area contributed by atoms with Gasteiger partial charge in [0.25, 0.3) is 0 Å². The van der Waals surface area contributed by atoms with Gasteiger partial charge in [0, 0.05) is 30.7 Å². The first kappa shape index (κ1) is 22.9. The molecule has 0 heterocycles. The largest absolute Gasteiger partial charge is 0.376 e. The maximum atomic E-state index is 12.5. The van der Waals surface area contributed by atoms with E-state index in [2.05, 4.69) is 10.6 Å². The zero-order valence-corrected chi connectivity index (χ0v) is 18.2. The van der Waals surface area contributed by atoms with Gasteiger partial charge in [0.15, 0.2) is 9.84 Å². The monoisotopic (exact) mass is 439 g/mol. The summed E-state index contributed by atoms with van der Waals surface area (Å²) in [7, 11) is -6.81. The van der Waals surface area contributed by atoms with E-state index in [1.807, 2.05) is 0 Å². The average molecular weight is 440 g/mol. The Morgan fingerprint density at radius 2 is 1.31 bits per heavy atom. The van der Waals surface area contributed by atoms with Crippen molar-refractivity contribution in [2.24, 2.45) is 0 Å². The van der Waals surface area contributed by atoms with Crippen LogP contribution in [0.3, 0.4) is 0 Å². The first-order valence-electron chi connectivity index (χ1n) is 9.02. The summed E-state index contributed by atoms with van der Waals surface area (Å²) < 4.78 is 49.2. The van der Waals surface area contributed by atoms with Crippen molar-refractivity contribution in [3.63, 3.8) is 0 Å². The Morgan fingerprint density at radius 1 is 0.828 bits per heavy atom. The molecular formula is C19H25N3O5S2. The Labute approximate surface area is 171 Å². The zero-order valence-electron chi connectivity index (χ0n) is 16.5. The maximum absolute atomic E-state index is 12.5. The molecule has 29 heavy (non-hydrogen) atoms. The molecule has 158 valence electrons. The molecule has 0 saturated heterocycles. The maximum Gasteiger partial charge on any atom is 0.243 e. The van der Waals surface area contributed by atoms with Crippen molar-refractivity contribution in [3.05, 3.63) is 48.5 Å². The number of hydrogen-bond acceptors (Lipinski definition) is 6. The normalized spacial score (nSPS) is 12.0. The third-order valence-electron chi connectivity index (χ3n) is 4.22. The highest BCUT2D eigenvalue weighted by Gasteiger charge is 2.21. The van der Waals surface area contributed by atoms with Crippen LogP contribution < -0.4 is 10.6 Å². The SMILES string of the molecule is CCN(CC)S(=O)(=O)c1ccc(NC(=O)CNc2ccc(S(C)(=O)=O)cc2)cc1. The summed E-state index contributed by atoms with van der Waals surface area (Å²) in [5.74, 6) is -0.323. The van der Waals surface area contributed by atoms with Gasteiger partial charge < -0.3 is 10.6 Å². The van der Waals surface area contributed by atoms with Gasteiger partial charge in [-0.3, -0.25) is 4.79 Å². The van der Waals surface area contributed by atoms with Gasteiger partial charge in [-0.05, 0) is 48.5 Å². The van der Waals surface area contributed by atoms with Gasteiger partial charge >= 0.3 is 0 Å². The number of anilines is 2. The summed E-state index contributed by atoms with van der Waals surface area (Å²) in [6, 6.07) is 12.1. The van der Waals surface area contributed by atoms with Crippen LogP contribution in [-0.4, -0.2) is 52.9 Å². The Kier molecular flexibility index (Phi) is 7.39. The van der Waals surface area contributed by atoms with E-state index < -0.39 is 19.9 Å². The summed E-state index contributed by atoms with van der Waals surface area (Å²) in [4.78, 5) is 12.5. The van der Waals surface area contributed by atoms with Crippen LogP contribution in [0.1, 0.15) is 13.8 Å². The fourth-order valence-electron chi connectivity index (χ4n) is 2.63. The highest BCUT2D eigenvalue weighted by molar-refractivity contribution is 7.90. The summed E-state index contributed by atoms with van der Waals surface area (Å²) in [6.07, 6.45) is 1.13. The van der Waals surface area contributed by atoms with Crippen molar-refractivity contribution in [3.8, 4) is 0 Å². The highest BCUT2D eigenvalue weighted by Crippen LogP contribution is 2.18. The Morgan fingerprint density at radius 3 is 1.79 bits per heavy atom. The lowest BCUT2D eigenvalue weighted by Gasteiger charge is -2.18. The molecule has 0 atom stereocenters. The Hall–Kier alpha value is -2.43. The van der Waals surface area contributed by atoms with Crippen molar-refractivity contribution >= 4 is 37.1 Å². The van der Waals surface area contributed by atoms with Crippen LogP contribution in [0.2, 0.25) is 0 Å². The lowest BCUT2D eigenvalue weighted by molar-refractivity contribution is -0.114. The molecule has 0 spiro atoms. The van der Waals surface area contributed by atoms with Crippen molar-refractivity contribution < 1.29 is 21.6 Å². The van der Waals surface area contributed by atoms with Crippen molar-refractivity contribution in [2.75, 3.05) is 36.5 Å². The fraction of sp³-hybridized carbons (Fsp3) is 0.316. The quantitative estimate of drug-likeness (QED) is 0.619. The summed E-state index contributed by atoms with van der Waals surface area (Å²) in [5, 5.41) is 5.58. The molecule has 0 unspecified atom stereocenters. The minimum atomic E-state index is -3.54. The molecule has 2 aromatic carbocycles. The summed E-state index contributed by atoms with van der Waals surface area (Å²) in [6.45, 7) is 4.29. The molecule has 2 rings (SSSR count). The van der Waals surface area contributed by atoms with Gasteiger partial charge in [-0.25, -0.2) is 16.8 Å². The van der Waals surface area contributed by atoms with Gasteiger partial charge in [0.1, 0.15) is 0 Å². The van der Waals surface area contributed by atoms with Crippen LogP contribution in [0, 0.1) is 0 Å². The summed E-state index contributed by atoms with van der Waals surface area (Å²) in [5.41, 5.74) is 1.08. The van der Waals surface area contributed by atoms with E-state index in [9.17, 15) is 21.6 Å². The zero-order chi connectivity index (χ0) is 21.7. The second-order valence-corrected chi connectivity index (χ2v) is 10.3. The molecule has 0 saturated carbocycles. The average Bonchev–Trinajstić information content (AvgIpc) is 2.67. The van der Waals surface area contributed by atoms with Crippen molar-refractivity contribution in [2.45, 2.75) is 23.6 Å². The number of sulfonamides is 1. The molecule has 0 fully saturated rings. The van der Waals surface area contributed by atoms with Gasteiger partial charge in [-0.1, -0.05) is 13.8 Å². The third-order valence-corrected chi connectivity index (χ3v) is 7.41. The molecule has 0 aliphatic rings. The van der Waals surface area contributed by atoms with Crippen molar-refractivity contribution in [1.29, 1.82) is 0 Å². The van der Waals surface area contributed by atoms with Gasteiger partial charge in [0.05, 0.1) is 16.3 Å². The van der Waals surface area contributed by atoms with E-state index >= 15 is 0 Å². The summed E-state index contributed by atoms with van der Waals surface area (Å²) >= 11 is 0. The van der Waals surface area contributed by atoms with Crippen LogP contribution in [0.4, 0.5) is 11.4 Å². The molecule has 2 aromatic rings. The number of rotatable bonds is 9. The number of hydrogen-bond donors (Lipinski definition) is 2. The predicted octanol–water partition coefficient (Wildman–Crippen LogP) is 2.17. The van der Waals surface area contributed by atoms with Gasteiger partial charge in [0.2, 0.25) is 15.9 Å². The second-order valence-electron chi connectivity index (χ2n) is 6.31. The van der Waals surface area contributed by atoms with Crippen LogP contribution >= 0.6 is 0 Å². The minimum absolute atomic E-state index is 0.0300. The number of carbonyl (C=O) groups is 1. The minimum Gasteiger partial charge on any atom is -0.376 e. The second kappa shape index (κ2) is 9.38. The number of benzene rings is 2. The van der Waals surface area contributed by atoms with Crippen LogP contribution in [0.15, 0.2) is 58.3 Å². The molecule has 10 heteroatoms. The van der Waals surface area contributed by atoms with E-state index in [4.69, 9.17) is 0 Å². The topological polar surface area (TPSA) is 113 Å². The molecule has 0 aromatic heterocycles. The fourth-order valence-corrected chi connectivity index (χ4v) is 4.72. The molecule has 0 aliphatic heterocycles. The number of nitrogens with zero attached hydrogens (tertiary/aromatic N) is 1. The number of carbonyl (C=O) groups excluding carboxylic acids is 1. The van der Waals surface area contributed by atoms with Crippen LogP contribution in [0.25, 0.3) is 0 Å². The first-order chi connectivity index (χ1) is 13.6. The molecule has 0 radical (unpaired) electrons. The lowest BCUT2D eigenvalue weighted by Crippen LogP contribution is -2.30. The number of amides is 1. The van der Waals surface area contributed by atoms with E-state index in [1.165, 1.54) is 40.7 Å². The molecule has 2 N–H and O–H groups in total. The van der Waals surface area contributed by atoms with Crippen LogP contribution in [0.5, 0.6) is 0 Å². The van der Waals surface area contributed by atoms with E-state index in [0.29, 0.717) is 24.5 Å².